The van der Waals surface area contributed by atoms with Crippen molar-refractivity contribution in [3.63, 3.8) is 0 Å². The molecule has 0 saturated carbocycles. The minimum atomic E-state index is -5.17. The van der Waals surface area contributed by atoms with Crippen molar-refractivity contribution in [1.29, 1.82) is 0 Å². The van der Waals surface area contributed by atoms with Gasteiger partial charge in [-0.15, -0.1) is 0 Å². The molecular formula is C7H2F5N3. The number of rotatable bonds is 1. The molecule has 0 saturated heterocycles. The highest BCUT2D eigenvalue weighted by molar-refractivity contribution is 5.43. The number of alkyl halides is 3. The Bertz CT molecular complexity index is 433. The fraction of sp³-hybridized carbons (Fsp3) is 0.143. The summed E-state index contributed by atoms with van der Waals surface area (Å²) in [6.45, 7) is 0. The first-order valence-corrected chi connectivity index (χ1v) is 3.48. The molecule has 0 aromatic heterocycles. The van der Waals surface area contributed by atoms with Crippen LogP contribution in [0.25, 0.3) is 10.4 Å². The number of hydrogen-bond donors (Lipinski definition) is 0. The van der Waals surface area contributed by atoms with Crippen LogP contribution in [0, 0.1) is 11.6 Å². The molecule has 15 heavy (non-hydrogen) atoms. The number of nitrogens with zero attached hydrogens (tertiary/aromatic N) is 3. The third-order valence-electron chi connectivity index (χ3n) is 1.51. The van der Waals surface area contributed by atoms with Crippen LogP contribution < -0.4 is 0 Å². The molecule has 0 atom stereocenters. The Morgan fingerprint density at radius 3 is 2.27 bits per heavy atom. The smallest absolute Gasteiger partial charge is 0.206 e. The predicted octanol–water partition coefficient (Wildman–Crippen LogP) is 3.93. The summed E-state index contributed by atoms with van der Waals surface area (Å²) in [7, 11) is 0. The number of benzene rings is 1. The predicted molar refractivity (Wildman–Crippen MR) is 40.2 cm³/mol. The SMILES string of the molecule is [N-]=[N+]=Nc1ccc(F)c(C(F)(F)F)c1F. The van der Waals surface area contributed by atoms with Gasteiger partial charge in [-0.2, -0.15) is 13.2 Å². The quantitative estimate of drug-likeness (QED) is 0.300. The molecule has 0 heterocycles. The summed E-state index contributed by atoms with van der Waals surface area (Å²) in [6.07, 6.45) is -5.17. The Balaban J connectivity index is 3.50. The van der Waals surface area contributed by atoms with E-state index in [9.17, 15) is 22.0 Å². The monoisotopic (exact) mass is 223 g/mol. The lowest BCUT2D eigenvalue weighted by molar-refractivity contribution is -0.142. The molecule has 0 aliphatic carbocycles. The van der Waals surface area contributed by atoms with Gasteiger partial charge in [0.05, 0.1) is 5.69 Å². The van der Waals surface area contributed by atoms with Crippen LogP contribution in [0.5, 0.6) is 0 Å². The Hall–Kier alpha value is -1.82. The average Bonchev–Trinajstić information content (AvgIpc) is 2.08. The molecule has 0 aliphatic rings. The fourth-order valence-electron chi connectivity index (χ4n) is 0.927. The molecule has 0 radical (unpaired) electrons. The number of halogens is 5. The van der Waals surface area contributed by atoms with Crippen LogP contribution in [0.3, 0.4) is 0 Å². The maximum atomic E-state index is 13.0. The van der Waals surface area contributed by atoms with Crippen molar-refractivity contribution in [3.8, 4) is 0 Å². The Morgan fingerprint density at radius 2 is 1.80 bits per heavy atom. The van der Waals surface area contributed by atoms with E-state index in [4.69, 9.17) is 5.53 Å². The van der Waals surface area contributed by atoms with Gasteiger partial charge in [-0.3, -0.25) is 0 Å². The molecule has 3 nitrogen and oxygen atoms in total. The highest BCUT2D eigenvalue weighted by Crippen LogP contribution is 2.36. The van der Waals surface area contributed by atoms with E-state index in [0.717, 1.165) is 0 Å². The Labute approximate surface area is 79.8 Å². The highest BCUT2D eigenvalue weighted by atomic mass is 19.4. The van der Waals surface area contributed by atoms with Crippen LogP contribution in [0.2, 0.25) is 0 Å². The largest absolute Gasteiger partial charge is 0.422 e. The molecule has 0 spiro atoms. The topological polar surface area (TPSA) is 48.8 Å². The lowest BCUT2D eigenvalue weighted by atomic mass is 10.1. The van der Waals surface area contributed by atoms with Crippen molar-refractivity contribution in [2.75, 3.05) is 0 Å². The van der Waals surface area contributed by atoms with Crippen LogP contribution in [0.15, 0.2) is 17.2 Å². The van der Waals surface area contributed by atoms with Gasteiger partial charge in [-0.1, -0.05) is 5.11 Å². The van der Waals surface area contributed by atoms with Crippen LogP contribution in [0.4, 0.5) is 27.6 Å². The van der Waals surface area contributed by atoms with Crippen molar-refractivity contribution < 1.29 is 22.0 Å². The van der Waals surface area contributed by atoms with Crippen molar-refractivity contribution in [2.45, 2.75) is 6.18 Å². The standard InChI is InChI=1S/C7H2F5N3/c8-3-1-2-4(14-15-13)6(9)5(3)7(10,11)12/h1-2H. The maximum Gasteiger partial charge on any atom is 0.422 e. The van der Waals surface area contributed by atoms with E-state index in [1.165, 1.54) is 0 Å². The number of azide groups is 1. The van der Waals surface area contributed by atoms with Crippen LogP contribution in [0.1, 0.15) is 5.56 Å². The van der Waals surface area contributed by atoms with E-state index < -0.39 is 29.1 Å². The number of hydrogen-bond acceptors (Lipinski definition) is 1. The van der Waals surface area contributed by atoms with Crippen molar-refractivity contribution in [1.82, 2.24) is 0 Å². The van der Waals surface area contributed by atoms with Gasteiger partial charge in [-0.25, -0.2) is 8.78 Å². The summed E-state index contributed by atoms with van der Waals surface area (Å²) in [5.74, 6) is -3.67. The third-order valence-corrected chi connectivity index (χ3v) is 1.51. The summed E-state index contributed by atoms with van der Waals surface area (Å²) in [6, 6.07) is 1.01. The van der Waals surface area contributed by atoms with Gasteiger partial charge in [0.2, 0.25) is 0 Å². The van der Waals surface area contributed by atoms with Crippen LogP contribution >= 0.6 is 0 Å². The lowest BCUT2D eigenvalue weighted by Gasteiger charge is -2.09. The van der Waals surface area contributed by atoms with E-state index in [1.54, 1.807) is 0 Å². The second-order valence-electron chi connectivity index (χ2n) is 2.44. The molecule has 8 heteroatoms. The van der Waals surface area contributed by atoms with Crippen molar-refractivity contribution >= 4 is 5.69 Å². The first kappa shape index (κ1) is 11.3. The molecule has 80 valence electrons. The van der Waals surface area contributed by atoms with Gasteiger partial charge in [0.1, 0.15) is 17.2 Å². The molecule has 0 aliphatic heterocycles. The van der Waals surface area contributed by atoms with Gasteiger partial charge in [0, 0.05) is 4.91 Å². The fourth-order valence-corrected chi connectivity index (χ4v) is 0.927. The van der Waals surface area contributed by atoms with Gasteiger partial charge in [-0.05, 0) is 17.7 Å². The van der Waals surface area contributed by atoms with E-state index in [1.807, 2.05) is 0 Å². The maximum absolute atomic E-state index is 13.0. The van der Waals surface area contributed by atoms with Crippen molar-refractivity contribution in [2.24, 2.45) is 5.11 Å². The van der Waals surface area contributed by atoms with E-state index in [0.29, 0.717) is 12.1 Å². The highest BCUT2D eigenvalue weighted by Gasteiger charge is 2.38. The van der Waals surface area contributed by atoms with Gasteiger partial charge < -0.3 is 0 Å². The molecule has 0 fully saturated rings. The molecule has 1 aromatic carbocycles. The average molecular weight is 223 g/mol. The second-order valence-corrected chi connectivity index (χ2v) is 2.44. The first-order chi connectivity index (χ1) is 6.88. The minimum Gasteiger partial charge on any atom is -0.206 e. The first-order valence-electron chi connectivity index (χ1n) is 3.48. The second kappa shape index (κ2) is 3.74. The molecule has 0 N–H and O–H groups in total. The van der Waals surface area contributed by atoms with E-state index in [2.05, 4.69) is 10.0 Å². The zero-order chi connectivity index (χ0) is 11.6. The summed E-state index contributed by atoms with van der Waals surface area (Å²) in [5, 5.41) is 2.66. The van der Waals surface area contributed by atoms with Gasteiger partial charge >= 0.3 is 6.18 Å². The third kappa shape index (κ3) is 2.16. The minimum absolute atomic E-state index is 0.385. The summed E-state index contributed by atoms with van der Waals surface area (Å²) in [5.41, 5.74) is 4.96. The molecule has 1 rings (SSSR count). The molecule has 0 bridgehead atoms. The van der Waals surface area contributed by atoms with Crippen LogP contribution in [-0.4, -0.2) is 0 Å². The normalized spacial score (nSPS) is 11.0. The van der Waals surface area contributed by atoms with Crippen molar-refractivity contribution in [3.05, 3.63) is 39.8 Å². The molecular weight excluding hydrogens is 221 g/mol. The van der Waals surface area contributed by atoms with E-state index >= 15 is 0 Å². The molecule has 1 aromatic rings. The zero-order valence-corrected chi connectivity index (χ0v) is 6.89. The Morgan fingerprint density at radius 1 is 1.20 bits per heavy atom. The zero-order valence-electron chi connectivity index (χ0n) is 6.89. The lowest BCUT2D eigenvalue weighted by Crippen LogP contribution is -2.11. The van der Waals surface area contributed by atoms with Gasteiger partial charge in [0.25, 0.3) is 0 Å². The molecule has 0 unspecified atom stereocenters. The van der Waals surface area contributed by atoms with Gasteiger partial charge in [0.15, 0.2) is 0 Å². The summed E-state index contributed by atoms with van der Waals surface area (Å²) < 4.78 is 62.0. The van der Waals surface area contributed by atoms with Crippen LogP contribution in [-0.2, 0) is 6.18 Å². The molecule has 0 amide bonds. The Kier molecular flexibility index (Phi) is 2.81. The summed E-state index contributed by atoms with van der Waals surface area (Å²) in [4.78, 5) is 2.11. The van der Waals surface area contributed by atoms with E-state index in [-0.39, 0.29) is 0 Å². The summed E-state index contributed by atoms with van der Waals surface area (Å²) >= 11 is 0.